The average Bonchev–Trinajstić information content (AvgIpc) is 3.20. The summed E-state index contributed by atoms with van der Waals surface area (Å²) >= 11 is 7.02. The maximum absolute atomic E-state index is 13.6. The van der Waals surface area contributed by atoms with Crippen LogP contribution in [0.1, 0.15) is 6.42 Å². The zero-order chi connectivity index (χ0) is 23.4. The smallest absolute Gasteiger partial charge is 0.244 e. The van der Waals surface area contributed by atoms with E-state index in [1.54, 1.807) is 6.07 Å². The highest BCUT2D eigenvalue weighted by Crippen LogP contribution is 2.30. The van der Waals surface area contributed by atoms with Gasteiger partial charge in [0, 0.05) is 31.2 Å². The Morgan fingerprint density at radius 3 is 2.64 bits per heavy atom. The molecule has 11 heteroatoms. The molecule has 1 aliphatic rings. The normalized spacial score (nSPS) is 15.1. The van der Waals surface area contributed by atoms with Crippen LogP contribution in [-0.4, -0.2) is 69.4 Å². The largest absolute Gasteiger partial charge is 0.379 e. The molecule has 1 aromatic heterocycles. The highest BCUT2D eigenvalue weighted by atomic mass is 35.5. The van der Waals surface area contributed by atoms with Crippen molar-refractivity contribution in [2.75, 3.05) is 50.0 Å². The van der Waals surface area contributed by atoms with Gasteiger partial charge in [0.05, 0.1) is 28.3 Å². The molecule has 2 aromatic carbocycles. The van der Waals surface area contributed by atoms with Crippen molar-refractivity contribution in [1.29, 1.82) is 0 Å². The number of hydrogen-bond acceptors (Lipinski definition) is 7. The molecule has 2 heterocycles. The molecule has 1 saturated heterocycles. The number of halogens is 2. The number of morpholine rings is 1. The third-order valence-corrected chi connectivity index (χ3v) is 8.23. The van der Waals surface area contributed by atoms with Crippen LogP contribution in [0.4, 0.5) is 9.52 Å². The van der Waals surface area contributed by atoms with Gasteiger partial charge >= 0.3 is 0 Å². The van der Waals surface area contributed by atoms with E-state index in [-0.39, 0.29) is 4.90 Å². The molecule has 3 aromatic rings. The van der Waals surface area contributed by atoms with Crippen LogP contribution < -0.4 is 4.90 Å². The highest BCUT2D eigenvalue weighted by molar-refractivity contribution is 7.92. The topological polar surface area (TPSA) is 79.8 Å². The quantitative estimate of drug-likeness (QED) is 0.459. The summed E-state index contributed by atoms with van der Waals surface area (Å²) < 4.78 is 45.3. The lowest BCUT2D eigenvalue weighted by Crippen LogP contribution is -2.40. The van der Waals surface area contributed by atoms with Gasteiger partial charge < -0.3 is 4.74 Å². The summed E-state index contributed by atoms with van der Waals surface area (Å²) in [6.45, 7) is 4.03. The molecule has 4 rings (SSSR count). The predicted octanol–water partition coefficient (Wildman–Crippen LogP) is 3.62. The van der Waals surface area contributed by atoms with Crippen LogP contribution in [0.25, 0.3) is 10.2 Å². The van der Waals surface area contributed by atoms with Crippen LogP contribution >= 0.6 is 22.9 Å². The van der Waals surface area contributed by atoms with Gasteiger partial charge in [0.15, 0.2) is 15.0 Å². The predicted molar refractivity (Wildman–Crippen MR) is 127 cm³/mol. The lowest BCUT2D eigenvalue weighted by atomic mass is 10.3. The Hall–Kier alpha value is -2.11. The number of amides is 1. The van der Waals surface area contributed by atoms with E-state index >= 15 is 0 Å². The second-order valence-electron chi connectivity index (χ2n) is 7.67. The summed E-state index contributed by atoms with van der Waals surface area (Å²) in [4.78, 5) is 21.3. The number of thiazole rings is 1. The monoisotopic (exact) mass is 511 g/mol. The number of aromatic nitrogens is 1. The number of carbonyl (C=O) groups excluding carboxylic acids is 1. The number of benzene rings is 2. The van der Waals surface area contributed by atoms with E-state index in [2.05, 4.69) is 9.88 Å². The van der Waals surface area contributed by atoms with Crippen LogP contribution in [0.5, 0.6) is 0 Å². The van der Waals surface area contributed by atoms with Gasteiger partial charge in [0.1, 0.15) is 11.6 Å². The van der Waals surface area contributed by atoms with E-state index in [9.17, 15) is 17.6 Å². The van der Waals surface area contributed by atoms with Gasteiger partial charge in [-0.1, -0.05) is 22.9 Å². The molecule has 0 N–H and O–H groups in total. The molecule has 1 fully saturated rings. The third kappa shape index (κ3) is 6.07. The number of carbonyl (C=O) groups is 1. The zero-order valence-corrected chi connectivity index (χ0v) is 20.1. The fourth-order valence-electron chi connectivity index (χ4n) is 3.57. The molecular weight excluding hydrogens is 489 g/mol. The van der Waals surface area contributed by atoms with Crippen LogP contribution in [0.3, 0.4) is 0 Å². The Morgan fingerprint density at radius 2 is 1.91 bits per heavy atom. The second-order valence-corrected chi connectivity index (χ2v) is 11.1. The number of fused-ring (bicyclic) bond motifs is 1. The summed E-state index contributed by atoms with van der Waals surface area (Å²) in [6, 6.07) is 9.93. The van der Waals surface area contributed by atoms with E-state index in [1.165, 1.54) is 52.6 Å². The average molecular weight is 512 g/mol. The Balaban J connectivity index is 1.55. The standard InChI is InChI=1S/C22H23ClFN3O4S2/c23-16-2-5-18(6-3-16)33(29,30)15-21(28)27(9-1-8-26-10-12-31-13-11-26)22-25-19-7-4-17(24)14-20(19)32-22/h2-7,14H,1,8-13,15H2. The lowest BCUT2D eigenvalue weighted by Gasteiger charge is -2.27. The van der Waals surface area contributed by atoms with Crippen molar-refractivity contribution in [3.8, 4) is 0 Å². The maximum atomic E-state index is 13.6. The maximum Gasteiger partial charge on any atom is 0.244 e. The number of anilines is 1. The fraction of sp³-hybridized carbons (Fsp3) is 0.364. The molecule has 0 bridgehead atoms. The molecule has 0 aliphatic carbocycles. The van der Waals surface area contributed by atoms with Crippen molar-refractivity contribution in [2.24, 2.45) is 0 Å². The molecule has 0 unspecified atom stereocenters. The summed E-state index contributed by atoms with van der Waals surface area (Å²) in [5.74, 6) is -1.67. The van der Waals surface area contributed by atoms with Crippen LogP contribution in [0.2, 0.25) is 5.02 Å². The molecule has 1 aliphatic heterocycles. The van der Waals surface area contributed by atoms with E-state index in [4.69, 9.17) is 16.3 Å². The van der Waals surface area contributed by atoms with E-state index < -0.39 is 27.3 Å². The summed E-state index contributed by atoms with van der Waals surface area (Å²) in [5, 5.41) is 0.764. The third-order valence-electron chi connectivity index (χ3n) is 5.32. The molecular formula is C22H23ClFN3O4S2. The van der Waals surface area contributed by atoms with Crippen LogP contribution in [-0.2, 0) is 19.4 Å². The summed E-state index contributed by atoms with van der Waals surface area (Å²) in [6.07, 6.45) is 0.636. The molecule has 176 valence electrons. The Morgan fingerprint density at radius 1 is 1.18 bits per heavy atom. The number of sulfone groups is 1. The summed E-state index contributed by atoms with van der Waals surface area (Å²) in [5.41, 5.74) is 0.558. The van der Waals surface area contributed by atoms with Gasteiger partial charge in [0.2, 0.25) is 5.91 Å². The minimum Gasteiger partial charge on any atom is -0.379 e. The van der Waals surface area contributed by atoms with Gasteiger partial charge in [-0.15, -0.1) is 0 Å². The first-order chi connectivity index (χ1) is 15.8. The molecule has 0 saturated carbocycles. The van der Waals surface area contributed by atoms with Crippen LogP contribution in [0.15, 0.2) is 47.4 Å². The molecule has 0 radical (unpaired) electrons. The first-order valence-corrected chi connectivity index (χ1v) is 13.3. The summed E-state index contributed by atoms with van der Waals surface area (Å²) in [7, 11) is -3.87. The molecule has 0 spiro atoms. The first kappa shape index (κ1) is 24.0. The van der Waals surface area contributed by atoms with Crippen molar-refractivity contribution in [3.63, 3.8) is 0 Å². The zero-order valence-electron chi connectivity index (χ0n) is 17.7. The van der Waals surface area contributed by atoms with E-state index in [0.717, 1.165) is 19.6 Å². The molecule has 1 amide bonds. The van der Waals surface area contributed by atoms with Gasteiger partial charge in [-0.25, -0.2) is 17.8 Å². The highest BCUT2D eigenvalue weighted by Gasteiger charge is 2.27. The Kier molecular flexibility index (Phi) is 7.60. The van der Waals surface area contributed by atoms with Gasteiger partial charge in [-0.2, -0.15) is 0 Å². The van der Waals surface area contributed by atoms with Crippen molar-refractivity contribution in [3.05, 3.63) is 53.3 Å². The number of hydrogen-bond donors (Lipinski definition) is 0. The Bertz CT molecular complexity index is 1230. The van der Waals surface area contributed by atoms with Crippen molar-refractivity contribution < 1.29 is 22.3 Å². The van der Waals surface area contributed by atoms with Gasteiger partial charge in [-0.05, 0) is 48.9 Å². The number of nitrogens with zero attached hydrogens (tertiary/aromatic N) is 3. The molecule has 7 nitrogen and oxygen atoms in total. The van der Waals surface area contributed by atoms with E-state index in [1.807, 2.05) is 0 Å². The van der Waals surface area contributed by atoms with Crippen molar-refractivity contribution >= 4 is 54.0 Å². The number of ether oxygens (including phenoxy) is 1. The van der Waals surface area contributed by atoms with Gasteiger partial charge in [-0.3, -0.25) is 14.6 Å². The SMILES string of the molecule is O=C(CS(=O)(=O)c1ccc(Cl)cc1)N(CCCN1CCOCC1)c1nc2ccc(F)cc2s1. The Labute approximate surface area is 200 Å². The van der Waals surface area contributed by atoms with Crippen molar-refractivity contribution in [1.82, 2.24) is 9.88 Å². The minimum absolute atomic E-state index is 0.0277. The van der Waals surface area contributed by atoms with Gasteiger partial charge in [0.25, 0.3) is 0 Å². The minimum atomic E-state index is -3.87. The molecule has 33 heavy (non-hydrogen) atoms. The lowest BCUT2D eigenvalue weighted by molar-refractivity contribution is -0.116. The first-order valence-electron chi connectivity index (χ1n) is 10.5. The second kappa shape index (κ2) is 10.4. The molecule has 0 atom stereocenters. The number of rotatable bonds is 8. The van der Waals surface area contributed by atoms with Crippen LogP contribution in [0, 0.1) is 5.82 Å². The van der Waals surface area contributed by atoms with Crippen molar-refractivity contribution in [2.45, 2.75) is 11.3 Å². The van der Waals surface area contributed by atoms with E-state index in [0.29, 0.717) is 46.6 Å². The fourth-order valence-corrected chi connectivity index (χ4v) is 5.93.